The number of rotatable bonds is 5. The van der Waals surface area contributed by atoms with Crippen molar-refractivity contribution in [2.24, 2.45) is 17.8 Å². The van der Waals surface area contributed by atoms with Gasteiger partial charge in [0.15, 0.2) is 0 Å². The van der Waals surface area contributed by atoms with E-state index >= 15 is 0 Å². The molecule has 1 N–H and O–H groups in total. The third kappa shape index (κ3) is 3.60. The summed E-state index contributed by atoms with van der Waals surface area (Å²) < 4.78 is 6.29. The van der Waals surface area contributed by atoms with Gasteiger partial charge in [0.2, 0.25) is 0 Å². The van der Waals surface area contributed by atoms with Gasteiger partial charge in [-0.3, -0.25) is 14.9 Å². The third-order valence-corrected chi connectivity index (χ3v) is 10.1. The van der Waals surface area contributed by atoms with Gasteiger partial charge in [0.05, 0.1) is 9.95 Å². The molecule has 170 valence electrons. The number of thioether (sulfide) groups is 1. The quantitative estimate of drug-likeness (QED) is 0.364. The molecular weight excluding hydrogens is 456 g/mol. The van der Waals surface area contributed by atoms with Crippen molar-refractivity contribution in [2.75, 3.05) is 0 Å². The second-order valence-electron chi connectivity index (χ2n) is 9.43. The summed E-state index contributed by atoms with van der Waals surface area (Å²) in [6, 6.07) is 13.1. The van der Waals surface area contributed by atoms with Crippen LogP contribution in [-0.2, 0) is 6.61 Å². The Morgan fingerprint density at radius 2 is 1.94 bits per heavy atom. The summed E-state index contributed by atoms with van der Waals surface area (Å²) in [4.78, 5) is 27.7. The zero-order valence-electron chi connectivity index (χ0n) is 18.2. The fourth-order valence-electron chi connectivity index (χ4n) is 6.07. The van der Waals surface area contributed by atoms with Crippen molar-refractivity contribution in [3.63, 3.8) is 0 Å². The highest BCUT2D eigenvalue weighted by atomic mass is 32.2. The summed E-state index contributed by atoms with van der Waals surface area (Å²) in [6.45, 7) is 2.44. The first-order valence-electron chi connectivity index (χ1n) is 11.3. The number of nitro benzene ring substituents is 1. The van der Waals surface area contributed by atoms with Crippen LogP contribution < -0.4 is 9.61 Å². The molecule has 3 aliphatic rings. The Morgan fingerprint density at radius 3 is 2.73 bits per heavy atom. The van der Waals surface area contributed by atoms with Crippen LogP contribution in [0.5, 0.6) is 5.75 Å². The molecule has 1 aromatic heterocycles. The lowest BCUT2D eigenvalue weighted by Crippen LogP contribution is -2.33. The van der Waals surface area contributed by atoms with Crippen molar-refractivity contribution in [1.82, 2.24) is 4.98 Å². The maximum Gasteiger partial charge on any atom is 0.305 e. The molecule has 33 heavy (non-hydrogen) atoms. The van der Waals surface area contributed by atoms with Crippen LogP contribution in [0.25, 0.3) is 0 Å². The molecule has 2 aliphatic carbocycles. The minimum absolute atomic E-state index is 0.0570. The molecule has 2 heterocycles. The fourth-order valence-corrected chi connectivity index (χ4v) is 8.95. The van der Waals surface area contributed by atoms with Crippen molar-refractivity contribution in [2.45, 2.75) is 49.0 Å². The van der Waals surface area contributed by atoms with Crippen molar-refractivity contribution >= 4 is 28.8 Å². The number of aromatic amines is 1. The van der Waals surface area contributed by atoms with E-state index in [0.717, 1.165) is 21.0 Å². The first-order chi connectivity index (χ1) is 16.0. The number of nitrogens with one attached hydrogen (secondary N) is 1. The van der Waals surface area contributed by atoms with E-state index in [1.807, 2.05) is 30.8 Å². The van der Waals surface area contributed by atoms with Gasteiger partial charge in [0.25, 0.3) is 5.69 Å². The van der Waals surface area contributed by atoms with E-state index in [1.54, 1.807) is 12.1 Å². The summed E-state index contributed by atoms with van der Waals surface area (Å²) in [5.74, 6) is 2.23. The fraction of sp³-hybridized carbons (Fsp3) is 0.400. The molecule has 0 amide bonds. The Morgan fingerprint density at radius 1 is 1.15 bits per heavy atom. The number of H-pyrrole nitrogens is 1. The molecular formula is C25H24N2O4S2. The van der Waals surface area contributed by atoms with Gasteiger partial charge in [-0.2, -0.15) is 0 Å². The number of hydrogen-bond acceptors (Lipinski definition) is 6. The molecule has 5 atom stereocenters. The predicted molar refractivity (Wildman–Crippen MR) is 129 cm³/mol. The monoisotopic (exact) mass is 480 g/mol. The molecule has 0 spiro atoms. The second kappa shape index (κ2) is 8.02. The zero-order valence-corrected chi connectivity index (χ0v) is 19.8. The van der Waals surface area contributed by atoms with Gasteiger partial charge in [0.1, 0.15) is 12.4 Å². The molecule has 5 unspecified atom stereocenters. The Balaban J connectivity index is 1.44. The summed E-state index contributed by atoms with van der Waals surface area (Å²) in [7, 11) is 0. The molecule has 0 saturated heterocycles. The predicted octanol–water partition coefficient (Wildman–Crippen LogP) is 5.88. The van der Waals surface area contributed by atoms with Crippen LogP contribution in [0.3, 0.4) is 0 Å². The number of hydrogen-bond donors (Lipinski definition) is 1. The van der Waals surface area contributed by atoms with E-state index in [2.05, 4.69) is 17.1 Å². The van der Waals surface area contributed by atoms with Gasteiger partial charge in [0, 0.05) is 33.7 Å². The Hall–Kier alpha value is -2.58. The van der Waals surface area contributed by atoms with Crippen LogP contribution in [0, 0.1) is 34.8 Å². The van der Waals surface area contributed by atoms with Gasteiger partial charge in [-0.05, 0) is 55.6 Å². The standard InChI is InChI=1S/C25H24N2O4S2/c1-13-2-4-14(5-3-13)12-31-19-9-8-17(27(29)30)11-18(19)21-20-15-6-7-16(10-15)22(20)32-24-23(21)33-25(28)26-24/h2-5,8-9,11,15-16,20-22H,6-7,10,12H2,1H3,(H,26,28). The number of nitrogens with zero attached hydrogens (tertiary/aromatic N) is 1. The number of non-ortho nitro benzene ring substituents is 1. The summed E-state index contributed by atoms with van der Waals surface area (Å²) in [6.07, 6.45) is 3.65. The van der Waals surface area contributed by atoms with E-state index in [4.69, 9.17) is 4.74 Å². The van der Waals surface area contributed by atoms with Crippen LogP contribution in [0.1, 0.15) is 46.7 Å². The van der Waals surface area contributed by atoms with E-state index in [9.17, 15) is 14.9 Å². The highest BCUT2D eigenvalue weighted by Crippen LogP contribution is 2.64. The van der Waals surface area contributed by atoms with Crippen LogP contribution in [0.15, 0.2) is 52.3 Å². The Labute approximate surface area is 199 Å². The average molecular weight is 481 g/mol. The number of aryl methyl sites for hydroxylation is 1. The van der Waals surface area contributed by atoms with Gasteiger partial charge in [-0.15, -0.1) is 11.8 Å². The van der Waals surface area contributed by atoms with Crippen molar-refractivity contribution in [3.05, 3.63) is 83.8 Å². The lowest BCUT2D eigenvalue weighted by atomic mass is 9.74. The minimum Gasteiger partial charge on any atom is -0.489 e. The van der Waals surface area contributed by atoms with Crippen LogP contribution in [0.2, 0.25) is 0 Å². The highest BCUT2D eigenvalue weighted by molar-refractivity contribution is 8.00. The second-order valence-corrected chi connectivity index (χ2v) is 11.6. The molecule has 0 radical (unpaired) electrons. The first kappa shape index (κ1) is 21.0. The number of thiazole rings is 1. The minimum atomic E-state index is -0.344. The highest BCUT2D eigenvalue weighted by Gasteiger charge is 2.55. The van der Waals surface area contributed by atoms with Gasteiger partial charge < -0.3 is 9.72 Å². The zero-order chi connectivity index (χ0) is 22.7. The molecule has 2 aromatic carbocycles. The largest absolute Gasteiger partial charge is 0.489 e. The molecule has 8 heteroatoms. The SMILES string of the molecule is Cc1ccc(COc2ccc([N+](=O)[O-])cc2C2c3sc(=O)[nH]c3SC3C4CCC(C4)C23)cc1. The van der Waals surface area contributed by atoms with Crippen LogP contribution in [0.4, 0.5) is 5.69 Å². The number of ether oxygens (including phenoxy) is 1. The van der Waals surface area contributed by atoms with Gasteiger partial charge in [-0.25, -0.2) is 0 Å². The van der Waals surface area contributed by atoms with Crippen LogP contribution >= 0.6 is 23.1 Å². The molecule has 6 nitrogen and oxygen atoms in total. The summed E-state index contributed by atoms with van der Waals surface area (Å²) in [5.41, 5.74) is 3.14. The van der Waals surface area contributed by atoms with E-state index in [1.165, 1.54) is 42.2 Å². The van der Waals surface area contributed by atoms with Gasteiger partial charge >= 0.3 is 4.87 Å². The third-order valence-electron chi connectivity index (χ3n) is 7.52. The van der Waals surface area contributed by atoms with E-state index in [-0.39, 0.29) is 21.4 Å². The lowest BCUT2D eigenvalue weighted by Gasteiger charge is -2.40. The molecule has 1 aliphatic heterocycles. The topological polar surface area (TPSA) is 85.2 Å². The number of benzene rings is 2. The summed E-state index contributed by atoms with van der Waals surface area (Å²) in [5, 5.41) is 13.1. The van der Waals surface area contributed by atoms with E-state index < -0.39 is 0 Å². The van der Waals surface area contributed by atoms with Gasteiger partial charge in [-0.1, -0.05) is 41.2 Å². The number of fused-ring (bicyclic) bond motifs is 6. The maximum atomic E-state index is 12.3. The Kier molecular flexibility index (Phi) is 5.10. The smallest absolute Gasteiger partial charge is 0.305 e. The molecule has 2 bridgehead atoms. The first-order valence-corrected chi connectivity index (χ1v) is 13.0. The van der Waals surface area contributed by atoms with Crippen LogP contribution in [-0.4, -0.2) is 15.2 Å². The summed E-state index contributed by atoms with van der Waals surface area (Å²) >= 11 is 3.07. The van der Waals surface area contributed by atoms with Crippen molar-refractivity contribution in [3.8, 4) is 5.75 Å². The molecule has 6 rings (SSSR count). The Bertz CT molecular complexity index is 1280. The van der Waals surface area contributed by atoms with E-state index in [0.29, 0.717) is 35.4 Å². The maximum absolute atomic E-state index is 12.3. The number of nitro groups is 1. The lowest BCUT2D eigenvalue weighted by molar-refractivity contribution is -0.385. The average Bonchev–Trinajstić information content (AvgIpc) is 3.51. The van der Waals surface area contributed by atoms with Crippen molar-refractivity contribution in [1.29, 1.82) is 0 Å². The van der Waals surface area contributed by atoms with Crippen molar-refractivity contribution < 1.29 is 9.66 Å². The molecule has 3 aromatic rings. The molecule has 2 saturated carbocycles. The normalized spacial score (nSPS) is 27.2. The molecule has 2 fully saturated rings. The number of aromatic nitrogens is 1.